The predicted molar refractivity (Wildman–Crippen MR) is 88.2 cm³/mol. The van der Waals surface area contributed by atoms with Crippen molar-refractivity contribution in [1.82, 2.24) is 5.32 Å². The monoisotopic (exact) mass is 293 g/mol. The fourth-order valence-electron chi connectivity index (χ4n) is 4.05. The zero-order chi connectivity index (χ0) is 14.6. The van der Waals surface area contributed by atoms with E-state index in [1.165, 1.54) is 37.7 Å². The molecule has 1 atom stereocenters. The van der Waals surface area contributed by atoms with E-state index in [9.17, 15) is 0 Å². The molecule has 1 unspecified atom stereocenters. The van der Waals surface area contributed by atoms with Gasteiger partial charge in [0.1, 0.15) is 0 Å². The minimum atomic E-state index is 0.429. The van der Waals surface area contributed by atoms with Crippen molar-refractivity contribution in [2.24, 2.45) is 11.3 Å². The Labute approximate surface area is 129 Å². The van der Waals surface area contributed by atoms with Crippen molar-refractivity contribution >= 4 is 11.6 Å². The Morgan fingerprint density at radius 1 is 1.15 bits per heavy atom. The molecule has 1 nitrogen and oxygen atoms in total. The maximum atomic E-state index is 6.05. The van der Waals surface area contributed by atoms with Gasteiger partial charge in [0.2, 0.25) is 0 Å². The van der Waals surface area contributed by atoms with Gasteiger partial charge in [0.15, 0.2) is 0 Å². The summed E-state index contributed by atoms with van der Waals surface area (Å²) in [4.78, 5) is 0. The van der Waals surface area contributed by atoms with Crippen molar-refractivity contribution in [3.63, 3.8) is 0 Å². The van der Waals surface area contributed by atoms with E-state index in [1.807, 2.05) is 12.1 Å². The normalized spacial score (nSPS) is 19.4. The van der Waals surface area contributed by atoms with Crippen LogP contribution in [0, 0.1) is 11.3 Å². The van der Waals surface area contributed by atoms with Gasteiger partial charge in [0.25, 0.3) is 0 Å². The molecule has 1 aromatic rings. The molecule has 1 N–H and O–H groups in total. The summed E-state index contributed by atoms with van der Waals surface area (Å²) in [6.45, 7) is 7.93. The lowest BCUT2D eigenvalue weighted by molar-refractivity contribution is 0.157. The van der Waals surface area contributed by atoms with Crippen LogP contribution in [0.15, 0.2) is 24.3 Å². The van der Waals surface area contributed by atoms with E-state index in [1.54, 1.807) is 0 Å². The molecule has 0 amide bonds. The molecule has 0 spiro atoms. The van der Waals surface area contributed by atoms with Gasteiger partial charge < -0.3 is 5.32 Å². The van der Waals surface area contributed by atoms with E-state index in [0.717, 1.165) is 17.5 Å². The van der Waals surface area contributed by atoms with E-state index >= 15 is 0 Å². The summed E-state index contributed by atoms with van der Waals surface area (Å²) in [5.41, 5.74) is 1.83. The van der Waals surface area contributed by atoms with Gasteiger partial charge in [-0.2, -0.15) is 0 Å². The Hall–Kier alpha value is -0.530. The van der Waals surface area contributed by atoms with Gasteiger partial charge in [-0.05, 0) is 54.8 Å². The second-order valence-electron chi connectivity index (χ2n) is 6.71. The van der Waals surface area contributed by atoms with E-state index in [2.05, 4.69) is 38.2 Å². The maximum Gasteiger partial charge on any atom is 0.0406 e. The largest absolute Gasteiger partial charge is 0.310 e. The summed E-state index contributed by atoms with van der Waals surface area (Å²) in [6.07, 6.45) is 6.77. The molecule has 2 heteroatoms. The van der Waals surface area contributed by atoms with Crippen molar-refractivity contribution < 1.29 is 0 Å². The van der Waals surface area contributed by atoms with Crippen LogP contribution in [0.5, 0.6) is 0 Å². The third-order valence-electron chi connectivity index (χ3n) is 4.64. The summed E-state index contributed by atoms with van der Waals surface area (Å²) in [7, 11) is 0. The molecule has 0 aromatic heterocycles. The molecule has 1 aliphatic rings. The van der Waals surface area contributed by atoms with Gasteiger partial charge in [-0.1, -0.05) is 57.3 Å². The zero-order valence-corrected chi connectivity index (χ0v) is 13.8. The van der Waals surface area contributed by atoms with Crippen LogP contribution < -0.4 is 5.32 Å². The lowest BCUT2D eigenvalue weighted by Crippen LogP contribution is -2.37. The molecule has 1 saturated carbocycles. The van der Waals surface area contributed by atoms with Crippen LogP contribution in [0.1, 0.15) is 64.5 Å². The van der Waals surface area contributed by atoms with E-state index < -0.39 is 0 Å². The predicted octanol–water partition coefficient (Wildman–Crippen LogP) is 5.60. The van der Waals surface area contributed by atoms with Crippen molar-refractivity contribution in [2.75, 3.05) is 6.54 Å². The first-order chi connectivity index (χ1) is 9.57. The lowest BCUT2D eigenvalue weighted by atomic mass is 9.70. The number of hydrogen-bond acceptors (Lipinski definition) is 1. The highest BCUT2D eigenvalue weighted by atomic mass is 35.5. The Balaban J connectivity index is 2.31. The minimum Gasteiger partial charge on any atom is -0.310 e. The van der Waals surface area contributed by atoms with Gasteiger partial charge in [0, 0.05) is 11.1 Å². The Bertz CT molecular complexity index is 404. The molecule has 1 fully saturated rings. The molecule has 1 aromatic carbocycles. The second kappa shape index (κ2) is 6.95. The quantitative estimate of drug-likeness (QED) is 0.720. The minimum absolute atomic E-state index is 0.429. The molecule has 0 heterocycles. The second-order valence-corrected chi connectivity index (χ2v) is 7.15. The van der Waals surface area contributed by atoms with Crippen LogP contribution >= 0.6 is 11.6 Å². The summed E-state index contributed by atoms with van der Waals surface area (Å²) in [5, 5.41) is 4.59. The standard InChI is InChI=1S/C18H28ClN/c1-4-20-17(15-7-9-16(19)10-8-15)18(13-14(2)3)11-5-6-12-18/h7-10,14,17,20H,4-6,11-13H2,1-3H3. The molecular weight excluding hydrogens is 266 g/mol. The van der Waals surface area contributed by atoms with Gasteiger partial charge in [-0.3, -0.25) is 0 Å². The van der Waals surface area contributed by atoms with Crippen molar-refractivity contribution in [2.45, 2.75) is 58.9 Å². The zero-order valence-electron chi connectivity index (χ0n) is 13.1. The summed E-state index contributed by atoms with van der Waals surface area (Å²) >= 11 is 6.05. The molecule has 112 valence electrons. The first kappa shape index (κ1) is 15.9. The van der Waals surface area contributed by atoms with Crippen LogP contribution in [0.2, 0.25) is 5.02 Å². The highest BCUT2D eigenvalue weighted by Crippen LogP contribution is 2.51. The fraction of sp³-hybridized carbons (Fsp3) is 0.667. The fourth-order valence-corrected chi connectivity index (χ4v) is 4.18. The third kappa shape index (κ3) is 3.56. The Morgan fingerprint density at radius 3 is 2.25 bits per heavy atom. The van der Waals surface area contributed by atoms with Crippen LogP contribution in [-0.4, -0.2) is 6.54 Å². The van der Waals surface area contributed by atoms with Crippen LogP contribution in [0.25, 0.3) is 0 Å². The Morgan fingerprint density at radius 2 is 1.75 bits per heavy atom. The van der Waals surface area contributed by atoms with E-state index in [0.29, 0.717) is 11.5 Å². The lowest BCUT2D eigenvalue weighted by Gasteiger charge is -2.40. The molecule has 20 heavy (non-hydrogen) atoms. The van der Waals surface area contributed by atoms with Gasteiger partial charge >= 0.3 is 0 Å². The van der Waals surface area contributed by atoms with E-state index in [4.69, 9.17) is 11.6 Å². The third-order valence-corrected chi connectivity index (χ3v) is 4.89. The van der Waals surface area contributed by atoms with Gasteiger partial charge in [-0.15, -0.1) is 0 Å². The van der Waals surface area contributed by atoms with E-state index in [-0.39, 0.29) is 0 Å². The molecule has 0 bridgehead atoms. The highest BCUT2D eigenvalue weighted by molar-refractivity contribution is 6.30. The molecule has 0 radical (unpaired) electrons. The van der Waals surface area contributed by atoms with Crippen molar-refractivity contribution in [1.29, 1.82) is 0 Å². The maximum absolute atomic E-state index is 6.05. The first-order valence-corrected chi connectivity index (χ1v) is 8.44. The van der Waals surface area contributed by atoms with Gasteiger partial charge in [-0.25, -0.2) is 0 Å². The summed E-state index contributed by atoms with van der Waals surface area (Å²) < 4.78 is 0. The average Bonchev–Trinajstić information content (AvgIpc) is 2.86. The number of rotatable bonds is 6. The number of halogens is 1. The van der Waals surface area contributed by atoms with Crippen molar-refractivity contribution in [3.05, 3.63) is 34.9 Å². The summed E-state index contributed by atoms with van der Waals surface area (Å²) in [5.74, 6) is 0.751. The topological polar surface area (TPSA) is 12.0 Å². The van der Waals surface area contributed by atoms with Crippen molar-refractivity contribution in [3.8, 4) is 0 Å². The molecule has 1 aliphatic carbocycles. The number of nitrogens with one attached hydrogen (secondary N) is 1. The average molecular weight is 294 g/mol. The molecular formula is C18H28ClN. The highest BCUT2D eigenvalue weighted by Gasteiger charge is 2.41. The molecule has 0 saturated heterocycles. The number of hydrogen-bond donors (Lipinski definition) is 1. The smallest absolute Gasteiger partial charge is 0.0406 e. The van der Waals surface area contributed by atoms with Crippen LogP contribution in [-0.2, 0) is 0 Å². The molecule has 0 aliphatic heterocycles. The first-order valence-electron chi connectivity index (χ1n) is 8.06. The van der Waals surface area contributed by atoms with Crippen LogP contribution in [0.4, 0.5) is 0 Å². The van der Waals surface area contributed by atoms with Crippen LogP contribution in [0.3, 0.4) is 0 Å². The number of benzene rings is 1. The Kier molecular flexibility index (Phi) is 5.51. The SMILES string of the molecule is CCNC(c1ccc(Cl)cc1)C1(CC(C)C)CCCC1. The molecule has 2 rings (SSSR count). The summed E-state index contributed by atoms with van der Waals surface area (Å²) in [6, 6.07) is 8.93. The van der Waals surface area contributed by atoms with Gasteiger partial charge in [0.05, 0.1) is 0 Å².